The summed E-state index contributed by atoms with van der Waals surface area (Å²) in [6.45, 7) is 3.32. The van der Waals surface area contributed by atoms with Gasteiger partial charge in [-0.25, -0.2) is 13.2 Å². The molecule has 0 spiro atoms. The van der Waals surface area contributed by atoms with Crippen LogP contribution >= 0.6 is 0 Å². The van der Waals surface area contributed by atoms with Crippen LogP contribution in [0.15, 0.2) is 48.8 Å². The summed E-state index contributed by atoms with van der Waals surface area (Å²) in [7, 11) is -3.13. The molecule has 0 fully saturated rings. The Bertz CT molecular complexity index is 757. The summed E-state index contributed by atoms with van der Waals surface area (Å²) in [6.07, 6.45) is 3.17. The highest BCUT2D eigenvalue weighted by atomic mass is 32.2. The molecule has 1 aromatic heterocycles. The molecule has 1 aromatic carbocycles. The number of hydrogen-bond donors (Lipinski definition) is 2. The first-order chi connectivity index (χ1) is 10.9. The van der Waals surface area contributed by atoms with Gasteiger partial charge in [0.15, 0.2) is 9.84 Å². The number of carbonyl (C=O) groups excluding carboxylic acids is 1. The van der Waals surface area contributed by atoms with Gasteiger partial charge in [0.25, 0.3) is 0 Å². The maximum absolute atomic E-state index is 11.9. The van der Waals surface area contributed by atoms with Crippen molar-refractivity contribution in [2.45, 2.75) is 24.9 Å². The number of urea groups is 1. The molecule has 2 aromatic rings. The molecule has 0 atom stereocenters. The van der Waals surface area contributed by atoms with Gasteiger partial charge in [0.2, 0.25) is 0 Å². The fourth-order valence-corrected chi connectivity index (χ4v) is 2.80. The first kappa shape index (κ1) is 17.0. The van der Waals surface area contributed by atoms with Crippen LogP contribution in [-0.4, -0.2) is 24.7 Å². The molecule has 23 heavy (non-hydrogen) atoms. The Balaban J connectivity index is 1.96. The summed E-state index contributed by atoms with van der Waals surface area (Å²) in [5.74, 6) is -0.00580. The number of sulfone groups is 1. The zero-order valence-corrected chi connectivity index (χ0v) is 13.8. The number of anilines is 2. The molecule has 0 unspecified atom stereocenters. The van der Waals surface area contributed by atoms with Crippen LogP contribution < -0.4 is 10.6 Å². The van der Waals surface area contributed by atoms with Crippen LogP contribution in [0.3, 0.4) is 0 Å². The van der Waals surface area contributed by atoms with E-state index in [4.69, 9.17) is 0 Å². The number of rotatable bonds is 5. The fourth-order valence-electron chi connectivity index (χ4n) is 1.81. The Hall–Kier alpha value is -2.41. The summed E-state index contributed by atoms with van der Waals surface area (Å²) in [6, 6.07) is 9.73. The van der Waals surface area contributed by atoms with Crippen LogP contribution in [0, 0.1) is 0 Å². The van der Waals surface area contributed by atoms with E-state index in [-0.39, 0.29) is 11.8 Å². The quantitative estimate of drug-likeness (QED) is 0.880. The molecular weight excluding hydrogens is 314 g/mol. The second-order valence-corrected chi connectivity index (χ2v) is 7.93. The first-order valence-electron chi connectivity index (χ1n) is 7.15. The van der Waals surface area contributed by atoms with E-state index in [2.05, 4.69) is 15.6 Å². The summed E-state index contributed by atoms with van der Waals surface area (Å²) >= 11 is 0. The van der Waals surface area contributed by atoms with Gasteiger partial charge in [0.1, 0.15) is 0 Å². The minimum Gasteiger partial charge on any atom is -0.308 e. The molecular formula is C16H19N3O3S. The van der Waals surface area contributed by atoms with E-state index in [1.54, 1.807) is 62.6 Å². The molecule has 0 aliphatic carbocycles. The van der Waals surface area contributed by atoms with E-state index in [0.29, 0.717) is 16.9 Å². The van der Waals surface area contributed by atoms with Crippen molar-refractivity contribution < 1.29 is 13.2 Å². The van der Waals surface area contributed by atoms with Gasteiger partial charge >= 0.3 is 6.03 Å². The van der Waals surface area contributed by atoms with Crippen LogP contribution in [0.1, 0.15) is 19.4 Å². The van der Waals surface area contributed by atoms with Crippen LogP contribution in [0.4, 0.5) is 16.2 Å². The highest BCUT2D eigenvalue weighted by Crippen LogP contribution is 2.15. The van der Waals surface area contributed by atoms with Gasteiger partial charge in [-0.1, -0.05) is 12.1 Å². The Morgan fingerprint density at radius 1 is 1.00 bits per heavy atom. The van der Waals surface area contributed by atoms with E-state index in [0.717, 1.165) is 0 Å². The number of aromatic nitrogens is 1. The van der Waals surface area contributed by atoms with Crippen molar-refractivity contribution in [3.05, 3.63) is 54.4 Å². The smallest absolute Gasteiger partial charge is 0.308 e. The van der Waals surface area contributed by atoms with Gasteiger partial charge in [-0.2, -0.15) is 0 Å². The monoisotopic (exact) mass is 333 g/mol. The molecule has 0 bridgehead atoms. The summed E-state index contributed by atoms with van der Waals surface area (Å²) < 4.78 is 23.8. The molecule has 0 aliphatic rings. The molecule has 6 nitrogen and oxygen atoms in total. The van der Waals surface area contributed by atoms with Crippen molar-refractivity contribution in [3.8, 4) is 0 Å². The number of pyridine rings is 1. The normalized spacial score (nSPS) is 11.3. The van der Waals surface area contributed by atoms with E-state index in [1.165, 1.54) is 0 Å². The van der Waals surface area contributed by atoms with Gasteiger partial charge < -0.3 is 10.6 Å². The number of carbonyl (C=O) groups is 1. The van der Waals surface area contributed by atoms with Crippen molar-refractivity contribution in [2.75, 3.05) is 10.6 Å². The van der Waals surface area contributed by atoms with Crippen LogP contribution in [0.2, 0.25) is 0 Å². The Labute approximate surface area is 135 Å². The van der Waals surface area contributed by atoms with Gasteiger partial charge in [0, 0.05) is 23.8 Å². The predicted molar refractivity (Wildman–Crippen MR) is 91.1 cm³/mol. The molecule has 0 radical (unpaired) electrons. The summed E-state index contributed by atoms with van der Waals surface area (Å²) in [4.78, 5) is 15.7. The minimum absolute atomic E-state index is 0.00580. The Morgan fingerprint density at radius 3 is 2.04 bits per heavy atom. The molecule has 0 aliphatic heterocycles. The van der Waals surface area contributed by atoms with E-state index < -0.39 is 15.1 Å². The third-order valence-electron chi connectivity index (χ3n) is 3.24. The SMILES string of the molecule is CC(C)S(=O)(=O)Cc1ccc(NC(=O)Nc2ccncc2)cc1. The van der Waals surface area contributed by atoms with E-state index in [1.807, 2.05) is 0 Å². The standard InChI is InChI=1S/C16H19N3O3S/c1-12(2)23(21,22)11-13-3-5-14(6-4-13)18-16(20)19-15-7-9-17-10-8-15/h3-10,12H,11H2,1-2H3,(H2,17,18,19,20). The van der Waals surface area contributed by atoms with Crippen molar-refractivity contribution in [3.63, 3.8) is 0 Å². The van der Waals surface area contributed by atoms with Crippen LogP contribution in [0.5, 0.6) is 0 Å². The molecule has 0 saturated carbocycles. The second-order valence-electron chi connectivity index (χ2n) is 5.37. The third kappa shape index (κ3) is 5.07. The lowest BCUT2D eigenvalue weighted by atomic mass is 10.2. The van der Waals surface area contributed by atoms with Gasteiger partial charge in [0.05, 0.1) is 11.0 Å². The molecule has 122 valence electrons. The van der Waals surface area contributed by atoms with Crippen molar-refractivity contribution in [1.29, 1.82) is 0 Å². The topological polar surface area (TPSA) is 88.2 Å². The Morgan fingerprint density at radius 2 is 1.52 bits per heavy atom. The Kier molecular flexibility index (Phi) is 5.33. The average Bonchev–Trinajstić information content (AvgIpc) is 2.50. The minimum atomic E-state index is -3.13. The maximum Gasteiger partial charge on any atom is 0.323 e. The van der Waals surface area contributed by atoms with Gasteiger partial charge in [-0.3, -0.25) is 4.98 Å². The average molecular weight is 333 g/mol. The van der Waals surface area contributed by atoms with Crippen molar-refractivity contribution in [1.82, 2.24) is 4.98 Å². The number of nitrogens with one attached hydrogen (secondary N) is 2. The van der Waals surface area contributed by atoms with Crippen molar-refractivity contribution in [2.24, 2.45) is 0 Å². The third-order valence-corrected chi connectivity index (χ3v) is 5.41. The fraction of sp³-hybridized carbons (Fsp3) is 0.250. The zero-order chi connectivity index (χ0) is 16.9. The summed E-state index contributed by atoms with van der Waals surface area (Å²) in [5.41, 5.74) is 1.91. The van der Waals surface area contributed by atoms with Gasteiger partial charge in [-0.15, -0.1) is 0 Å². The van der Waals surface area contributed by atoms with Gasteiger partial charge in [-0.05, 0) is 43.7 Å². The molecule has 7 heteroatoms. The molecule has 2 amide bonds. The summed E-state index contributed by atoms with van der Waals surface area (Å²) in [5, 5.41) is 4.94. The lowest BCUT2D eigenvalue weighted by molar-refractivity contribution is 0.262. The first-order valence-corrected chi connectivity index (χ1v) is 8.87. The molecule has 0 saturated heterocycles. The second kappa shape index (κ2) is 7.23. The van der Waals surface area contributed by atoms with Crippen LogP contribution in [0.25, 0.3) is 0 Å². The lowest BCUT2D eigenvalue weighted by Gasteiger charge is -2.10. The molecule has 2 N–H and O–H groups in total. The molecule has 1 heterocycles. The zero-order valence-electron chi connectivity index (χ0n) is 13.0. The number of nitrogens with zero attached hydrogens (tertiary/aromatic N) is 1. The van der Waals surface area contributed by atoms with Crippen molar-refractivity contribution >= 4 is 27.2 Å². The highest BCUT2D eigenvalue weighted by Gasteiger charge is 2.16. The lowest BCUT2D eigenvalue weighted by Crippen LogP contribution is -2.19. The number of amides is 2. The largest absolute Gasteiger partial charge is 0.323 e. The predicted octanol–water partition coefficient (Wildman–Crippen LogP) is 3.05. The number of benzene rings is 1. The van der Waals surface area contributed by atoms with E-state index in [9.17, 15) is 13.2 Å². The highest BCUT2D eigenvalue weighted by molar-refractivity contribution is 7.91. The van der Waals surface area contributed by atoms with E-state index >= 15 is 0 Å². The maximum atomic E-state index is 11.9. The van der Waals surface area contributed by atoms with Crippen LogP contribution in [-0.2, 0) is 15.6 Å². The molecule has 2 rings (SSSR count). The number of hydrogen-bond acceptors (Lipinski definition) is 4.